The van der Waals surface area contributed by atoms with E-state index in [0.717, 1.165) is 54.2 Å². The zero-order valence-electron chi connectivity index (χ0n) is 18.0. The lowest BCUT2D eigenvalue weighted by molar-refractivity contribution is -0.122. The maximum Gasteiger partial charge on any atom is 0.290 e. The van der Waals surface area contributed by atoms with Gasteiger partial charge in [0.1, 0.15) is 5.69 Å². The zero-order valence-corrected chi connectivity index (χ0v) is 18.0. The molecule has 0 fully saturated rings. The molecule has 3 aromatic heterocycles. The number of nitrogens with zero attached hydrogens (tertiary/aromatic N) is 8. The Balaban J connectivity index is 0.000000775. The minimum atomic E-state index is -0.250. The molecule has 168 valence electrons. The Morgan fingerprint density at radius 1 is 1.25 bits per heavy atom. The fraction of sp³-hybridized carbons (Fsp3) is 0.450. The molecule has 0 saturated carbocycles. The molecule has 0 aromatic carbocycles. The maximum atomic E-state index is 13.4. The monoisotopic (exact) mass is 439 g/mol. The highest BCUT2D eigenvalue weighted by atomic mass is 16.3. The van der Waals surface area contributed by atoms with Gasteiger partial charge in [0.25, 0.3) is 12.4 Å². The van der Waals surface area contributed by atoms with E-state index < -0.39 is 0 Å². The SMILES string of the molecule is C[C@H]1CN(C(=O)c2nc(N)nc3c2CCCC3)Cc2nnc(-c3cnn(C)c3)n21.O=CO. The summed E-state index contributed by atoms with van der Waals surface area (Å²) >= 11 is 0. The Morgan fingerprint density at radius 3 is 2.72 bits per heavy atom. The first-order valence-electron chi connectivity index (χ1n) is 10.4. The molecule has 4 heterocycles. The summed E-state index contributed by atoms with van der Waals surface area (Å²) in [5, 5.41) is 19.8. The van der Waals surface area contributed by atoms with E-state index in [9.17, 15) is 4.79 Å². The lowest BCUT2D eigenvalue weighted by atomic mass is 9.94. The van der Waals surface area contributed by atoms with Crippen LogP contribution in [0.15, 0.2) is 12.4 Å². The molecule has 1 atom stereocenters. The fourth-order valence-corrected chi connectivity index (χ4v) is 4.36. The van der Waals surface area contributed by atoms with E-state index in [2.05, 4.69) is 36.8 Å². The van der Waals surface area contributed by atoms with Crippen LogP contribution in [0.2, 0.25) is 0 Å². The second-order valence-corrected chi connectivity index (χ2v) is 7.92. The number of rotatable bonds is 2. The van der Waals surface area contributed by atoms with Crippen molar-refractivity contribution in [2.24, 2.45) is 7.05 Å². The van der Waals surface area contributed by atoms with Gasteiger partial charge in [-0.15, -0.1) is 10.2 Å². The van der Waals surface area contributed by atoms with E-state index in [-0.39, 0.29) is 24.4 Å². The zero-order chi connectivity index (χ0) is 22.8. The van der Waals surface area contributed by atoms with E-state index in [1.807, 2.05) is 13.2 Å². The summed E-state index contributed by atoms with van der Waals surface area (Å²) in [5.41, 5.74) is 9.12. The van der Waals surface area contributed by atoms with Crippen molar-refractivity contribution >= 4 is 18.3 Å². The number of carboxylic acid groups (broad SMARTS) is 1. The molecular formula is C20H25N9O3. The molecule has 3 aromatic rings. The second kappa shape index (κ2) is 8.73. The number of fused-ring (bicyclic) bond motifs is 2. The molecule has 5 rings (SSSR count). The Bertz CT molecular complexity index is 1150. The van der Waals surface area contributed by atoms with E-state index in [0.29, 0.717) is 18.8 Å². The lowest BCUT2D eigenvalue weighted by Crippen LogP contribution is -2.41. The first-order valence-corrected chi connectivity index (χ1v) is 10.4. The first-order chi connectivity index (χ1) is 15.4. The number of carbonyl (C=O) groups is 2. The molecule has 12 heteroatoms. The van der Waals surface area contributed by atoms with Crippen LogP contribution < -0.4 is 5.73 Å². The van der Waals surface area contributed by atoms with Crippen LogP contribution in [0.4, 0.5) is 5.95 Å². The number of aryl methyl sites for hydroxylation is 2. The van der Waals surface area contributed by atoms with Crippen molar-refractivity contribution < 1.29 is 14.7 Å². The van der Waals surface area contributed by atoms with Crippen LogP contribution in [0.25, 0.3) is 11.4 Å². The van der Waals surface area contributed by atoms with E-state index in [1.165, 1.54) is 0 Å². The number of nitrogens with two attached hydrogens (primary N) is 1. The van der Waals surface area contributed by atoms with E-state index in [4.69, 9.17) is 15.6 Å². The van der Waals surface area contributed by atoms with Gasteiger partial charge in [-0.2, -0.15) is 5.10 Å². The highest BCUT2D eigenvalue weighted by Gasteiger charge is 2.33. The van der Waals surface area contributed by atoms with Gasteiger partial charge in [-0.3, -0.25) is 14.3 Å². The van der Waals surface area contributed by atoms with Gasteiger partial charge in [0, 0.05) is 31.0 Å². The minimum Gasteiger partial charge on any atom is -0.483 e. The predicted octanol–water partition coefficient (Wildman–Crippen LogP) is 0.847. The van der Waals surface area contributed by atoms with Gasteiger partial charge < -0.3 is 20.3 Å². The van der Waals surface area contributed by atoms with Crippen LogP contribution in [0.5, 0.6) is 0 Å². The fourth-order valence-electron chi connectivity index (χ4n) is 4.36. The third-order valence-corrected chi connectivity index (χ3v) is 5.68. The Labute approximate surface area is 184 Å². The second-order valence-electron chi connectivity index (χ2n) is 7.92. The van der Waals surface area contributed by atoms with Gasteiger partial charge in [-0.05, 0) is 32.6 Å². The highest BCUT2D eigenvalue weighted by Crippen LogP contribution is 2.29. The van der Waals surface area contributed by atoms with Crippen LogP contribution >= 0.6 is 0 Å². The number of nitrogen functional groups attached to an aromatic ring is 1. The Kier molecular flexibility index (Phi) is 5.84. The molecule has 0 radical (unpaired) electrons. The third-order valence-electron chi connectivity index (χ3n) is 5.68. The molecule has 2 aliphatic rings. The minimum absolute atomic E-state index is 0.0305. The molecule has 12 nitrogen and oxygen atoms in total. The number of amides is 1. The van der Waals surface area contributed by atoms with Crippen molar-refractivity contribution in [2.45, 2.75) is 45.2 Å². The normalized spacial score (nSPS) is 17.1. The van der Waals surface area contributed by atoms with Crippen LogP contribution in [0.3, 0.4) is 0 Å². The van der Waals surface area contributed by atoms with Crippen molar-refractivity contribution in [1.82, 2.24) is 39.4 Å². The van der Waals surface area contributed by atoms with Gasteiger partial charge in [0.2, 0.25) is 5.95 Å². The Hall–Kier alpha value is -3.83. The van der Waals surface area contributed by atoms with Crippen molar-refractivity contribution in [3.8, 4) is 11.4 Å². The summed E-state index contributed by atoms with van der Waals surface area (Å²) in [7, 11) is 1.87. The molecule has 3 N–H and O–H groups in total. The number of anilines is 1. The molecule has 1 aliphatic heterocycles. The summed E-state index contributed by atoms with van der Waals surface area (Å²) in [6, 6.07) is 0.0305. The van der Waals surface area contributed by atoms with Gasteiger partial charge >= 0.3 is 0 Å². The van der Waals surface area contributed by atoms with Crippen molar-refractivity contribution in [2.75, 3.05) is 12.3 Å². The Morgan fingerprint density at radius 2 is 2.00 bits per heavy atom. The van der Waals surface area contributed by atoms with E-state index in [1.54, 1.807) is 15.8 Å². The van der Waals surface area contributed by atoms with Crippen LogP contribution in [-0.2, 0) is 31.2 Å². The highest BCUT2D eigenvalue weighted by molar-refractivity contribution is 5.94. The van der Waals surface area contributed by atoms with Crippen molar-refractivity contribution in [1.29, 1.82) is 0 Å². The first kappa shape index (κ1) is 21.4. The lowest BCUT2D eigenvalue weighted by Gasteiger charge is -2.33. The van der Waals surface area contributed by atoms with Crippen molar-refractivity contribution in [3.63, 3.8) is 0 Å². The topological polar surface area (TPSA) is 158 Å². The summed E-state index contributed by atoms with van der Waals surface area (Å²) in [4.78, 5) is 32.2. The molecule has 0 unspecified atom stereocenters. The molecule has 0 bridgehead atoms. The van der Waals surface area contributed by atoms with Gasteiger partial charge in [-0.25, -0.2) is 9.97 Å². The number of hydrogen-bond acceptors (Lipinski definition) is 8. The maximum absolute atomic E-state index is 13.4. The summed E-state index contributed by atoms with van der Waals surface area (Å²) < 4.78 is 3.83. The molecule has 0 spiro atoms. The van der Waals surface area contributed by atoms with Gasteiger partial charge in [0.05, 0.1) is 24.3 Å². The van der Waals surface area contributed by atoms with Gasteiger partial charge in [0.15, 0.2) is 11.6 Å². The van der Waals surface area contributed by atoms with Crippen LogP contribution in [0.1, 0.15) is 53.4 Å². The summed E-state index contributed by atoms with van der Waals surface area (Å²) in [5.74, 6) is 1.59. The number of carbonyl (C=O) groups excluding carboxylic acids is 1. The van der Waals surface area contributed by atoms with Crippen LogP contribution in [-0.4, -0.2) is 63.4 Å². The standard InChI is InChI=1S/C19H23N9O.CH2O2/c1-11-8-27(10-15-24-25-17(28(11)15)12-7-21-26(2)9-12)18(29)16-13-5-3-4-6-14(13)22-19(20)23-16;2-1-3/h7,9,11H,3-6,8,10H2,1-2H3,(H2,20,22,23);1H,(H,2,3)/t11-;/m0./s1. The molecule has 32 heavy (non-hydrogen) atoms. The predicted molar refractivity (Wildman–Crippen MR) is 113 cm³/mol. The molecule has 1 aliphatic carbocycles. The molecule has 1 amide bonds. The average molecular weight is 439 g/mol. The largest absolute Gasteiger partial charge is 0.483 e. The number of aromatic nitrogens is 7. The van der Waals surface area contributed by atoms with Crippen LogP contribution in [0, 0.1) is 0 Å². The quantitative estimate of drug-likeness (QED) is 0.552. The average Bonchev–Trinajstić information content (AvgIpc) is 3.39. The smallest absolute Gasteiger partial charge is 0.290 e. The summed E-state index contributed by atoms with van der Waals surface area (Å²) in [6.45, 7) is 2.75. The summed E-state index contributed by atoms with van der Waals surface area (Å²) in [6.07, 6.45) is 7.47. The van der Waals surface area contributed by atoms with Crippen molar-refractivity contribution in [3.05, 3.63) is 35.2 Å². The van der Waals surface area contributed by atoms with Gasteiger partial charge in [-0.1, -0.05) is 0 Å². The third kappa shape index (κ3) is 3.90. The molecular weight excluding hydrogens is 414 g/mol. The molecule has 0 saturated heterocycles. The van der Waals surface area contributed by atoms with E-state index >= 15 is 0 Å². The number of hydrogen-bond donors (Lipinski definition) is 2.